The lowest BCUT2D eigenvalue weighted by Gasteiger charge is -2.06. The van der Waals surface area contributed by atoms with E-state index < -0.39 is 16.0 Å². The molecule has 0 radical (unpaired) electrons. The third kappa shape index (κ3) is 2.90. The summed E-state index contributed by atoms with van der Waals surface area (Å²) in [7, 11) is -3.84. The molecule has 94 valence electrons. The Hall–Kier alpha value is -1.80. The predicted octanol–water partition coefficient (Wildman–Crippen LogP) is 1.46. The highest BCUT2D eigenvalue weighted by Gasteiger charge is 2.15. The van der Waals surface area contributed by atoms with Crippen molar-refractivity contribution in [2.75, 3.05) is 4.72 Å². The van der Waals surface area contributed by atoms with E-state index in [0.29, 0.717) is 0 Å². The molecular weight excluding hydrogens is 283 g/mol. The molecule has 1 N–H and O–H groups in total. The first kappa shape index (κ1) is 12.7. The first-order valence-electron chi connectivity index (χ1n) is 4.59. The van der Waals surface area contributed by atoms with Crippen LogP contribution in [0.4, 0.5) is 10.1 Å². The molecule has 0 unspecified atom stereocenters. The van der Waals surface area contributed by atoms with E-state index in [9.17, 15) is 12.8 Å². The Bertz CT molecular complexity index is 645. The zero-order valence-corrected chi connectivity index (χ0v) is 10.3. The molecule has 0 saturated heterocycles. The van der Waals surface area contributed by atoms with Gasteiger partial charge in [0.25, 0.3) is 10.0 Å². The Labute approximate surface area is 107 Å². The summed E-state index contributed by atoms with van der Waals surface area (Å²) in [5, 5.41) is -0.0580. The van der Waals surface area contributed by atoms with Crippen molar-refractivity contribution in [2.45, 2.75) is 4.90 Å². The standard InChI is InChI=1S/C9H6ClFN4O2S/c10-9-13-4-7(5-14-9)18(16,17)15-6-1-2-8(11)12-3-6/h1-5,15H. The van der Waals surface area contributed by atoms with Gasteiger partial charge in [-0.15, -0.1) is 0 Å². The summed E-state index contributed by atoms with van der Waals surface area (Å²) in [5.41, 5.74) is 0.131. The maximum Gasteiger partial charge on any atom is 0.265 e. The van der Waals surface area contributed by atoms with Gasteiger partial charge in [-0.05, 0) is 23.7 Å². The van der Waals surface area contributed by atoms with Gasteiger partial charge in [-0.2, -0.15) is 4.39 Å². The SMILES string of the molecule is O=S(=O)(Nc1ccc(F)nc1)c1cnc(Cl)nc1. The Kier molecular flexibility index (Phi) is 3.39. The van der Waals surface area contributed by atoms with E-state index in [1.165, 1.54) is 6.07 Å². The molecule has 2 aromatic rings. The number of pyridine rings is 1. The summed E-state index contributed by atoms with van der Waals surface area (Å²) in [6.45, 7) is 0. The molecule has 0 saturated carbocycles. The Morgan fingerprint density at radius 3 is 2.33 bits per heavy atom. The minimum atomic E-state index is -3.84. The predicted molar refractivity (Wildman–Crippen MR) is 62.0 cm³/mol. The van der Waals surface area contributed by atoms with Crippen LogP contribution in [0.2, 0.25) is 5.28 Å². The maximum atomic E-state index is 12.6. The number of halogens is 2. The molecule has 0 atom stereocenters. The molecule has 0 spiro atoms. The van der Waals surface area contributed by atoms with Crippen LogP contribution in [0.15, 0.2) is 35.6 Å². The number of sulfonamides is 1. The summed E-state index contributed by atoms with van der Waals surface area (Å²) in [6, 6.07) is 2.28. The molecule has 0 aromatic carbocycles. The zero-order chi connectivity index (χ0) is 13.2. The summed E-state index contributed by atoms with van der Waals surface area (Å²) in [4.78, 5) is 10.3. The average Bonchev–Trinajstić information content (AvgIpc) is 2.32. The van der Waals surface area contributed by atoms with Gasteiger partial charge in [0.2, 0.25) is 11.2 Å². The summed E-state index contributed by atoms with van der Waals surface area (Å²) in [6.07, 6.45) is 3.19. The lowest BCUT2D eigenvalue weighted by Crippen LogP contribution is -2.13. The van der Waals surface area contributed by atoms with E-state index in [1.807, 2.05) is 0 Å². The third-order valence-electron chi connectivity index (χ3n) is 1.89. The second-order valence-electron chi connectivity index (χ2n) is 3.16. The fourth-order valence-corrected chi connectivity index (χ4v) is 2.12. The number of nitrogens with one attached hydrogen (secondary N) is 1. The minimum Gasteiger partial charge on any atom is -0.278 e. The Morgan fingerprint density at radius 2 is 1.78 bits per heavy atom. The lowest BCUT2D eigenvalue weighted by atomic mass is 10.4. The Balaban J connectivity index is 2.27. The molecule has 18 heavy (non-hydrogen) atoms. The van der Waals surface area contributed by atoms with E-state index in [0.717, 1.165) is 24.7 Å². The molecule has 0 amide bonds. The van der Waals surface area contributed by atoms with Crippen LogP contribution in [-0.4, -0.2) is 23.4 Å². The maximum absolute atomic E-state index is 12.6. The van der Waals surface area contributed by atoms with Crippen molar-refractivity contribution in [1.29, 1.82) is 0 Å². The molecular formula is C9H6ClFN4O2S. The van der Waals surface area contributed by atoms with Crippen LogP contribution in [0, 0.1) is 5.95 Å². The highest BCUT2D eigenvalue weighted by molar-refractivity contribution is 7.92. The fourth-order valence-electron chi connectivity index (χ4n) is 1.09. The lowest BCUT2D eigenvalue weighted by molar-refractivity contribution is 0.583. The van der Waals surface area contributed by atoms with Crippen LogP contribution in [-0.2, 0) is 10.0 Å². The van der Waals surface area contributed by atoms with Crippen LogP contribution in [0.3, 0.4) is 0 Å². The number of nitrogens with zero attached hydrogens (tertiary/aromatic N) is 3. The molecule has 0 aliphatic heterocycles. The zero-order valence-electron chi connectivity index (χ0n) is 8.71. The van der Waals surface area contributed by atoms with Gasteiger partial charge < -0.3 is 0 Å². The molecule has 2 heterocycles. The summed E-state index contributed by atoms with van der Waals surface area (Å²) < 4.78 is 38.4. The van der Waals surface area contributed by atoms with Gasteiger partial charge in [0.15, 0.2) is 0 Å². The summed E-state index contributed by atoms with van der Waals surface area (Å²) in [5.74, 6) is -0.701. The van der Waals surface area contributed by atoms with Crippen LogP contribution < -0.4 is 4.72 Å². The number of rotatable bonds is 3. The second-order valence-corrected chi connectivity index (χ2v) is 5.18. The van der Waals surface area contributed by atoms with Gasteiger partial charge in [-0.1, -0.05) is 0 Å². The molecule has 9 heteroatoms. The van der Waals surface area contributed by atoms with Gasteiger partial charge in [-0.25, -0.2) is 23.4 Å². The number of anilines is 1. The van der Waals surface area contributed by atoms with E-state index >= 15 is 0 Å². The molecule has 0 fully saturated rings. The first-order chi connectivity index (χ1) is 8.47. The number of hydrogen-bond donors (Lipinski definition) is 1. The van der Waals surface area contributed by atoms with Crippen molar-refractivity contribution < 1.29 is 12.8 Å². The molecule has 0 aliphatic carbocycles. The van der Waals surface area contributed by atoms with Crippen molar-refractivity contribution in [3.05, 3.63) is 42.0 Å². The minimum absolute atomic E-state index is 0.0580. The smallest absolute Gasteiger partial charge is 0.265 e. The van der Waals surface area contributed by atoms with Gasteiger partial charge >= 0.3 is 0 Å². The fraction of sp³-hybridized carbons (Fsp3) is 0. The average molecular weight is 289 g/mol. The topological polar surface area (TPSA) is 84.8 Å². The van der Waals surface area contributed by atoms with Crippen LogP contribution in [0.1, 0.15) is 0 Å². The van der Waals surface area contributed by atoms with Crippen LogP contribution >= 0.6 is 11.6 Å². The van der Waals surface area contributed by atoms with Gasteiger partial charge in [0.1, 0.15) is 4.90 Å². The van der Waals surface area contributed by atoms with Gasteiger partial charge in [0, 0.05) is 0 Å². The van der Waals surface area contributed by atoms with Gasteiger partial charge in [-0.3, -0.25) is 4.72 Å². The van der Waals surface area contributed by atoms with Crippen LogP contribution in [0.25, 0.3) is 0 Å². The number of hydrogen-bond acceptors (Lipinski definition) is 5. The third-order valence-corrected chi connectivity index (χ3v) is 3.42. The molecule has 2 aromatic heterocycles. The summed E-state index contributed by atoms with van der Waals surface area (Å²) >= 11 is 5.45. The van der Waals surface area contributed by atoms with Crippen molar-refractivity contribution in [1.82, 2.24) is 15.0 Å². The van der Waals surface area contributed by atoms with E-state index in [1.54, 1.807) is 0 Å². The highest BCUT2D eigenvalue weighted by atomic mass is 35.5. The molecule has 2 rings (SSSR count). The Morgan fingerprint density at radius 1 is 1.11 bits per heavy atom. The van der Waals surface area contributed by atoms with E-state index in [-0.39, 0.29) is 15.9 Å². The first-order valence-corrected chi connectivity index (χ1v) is 6.45. The number of aromatic nitrogens is 3. The second kappa shape index (κ2) is 4.83. The van der Waals surface area contributed by atoms with E-state index in [2.05, 4.69) is 19.7 Å². The van der Waals surface area contributed by atoms with Crippen LogP contribution in [0.5, 0.6) is 0 Å². The van der Waals surface area contributed by atoms with E-state index in [4.69, 9.17) is 11.6 Å². The van der Waals surface area contributed by atoms with Crippen molar-refractivity contribution in [3.63, 3.8) is 0 Å². The molecule has 0 aliphatic rings. The highest BCUT2D eigenvalue weighted by Crippen LogP contribution is 2.14. The largest absolute Gasteiger partial charge is 0.278 e. The van der Waals surface area contributed by atoms with Crippen molar-refractivity contribution >= 4 is 27.3 Å². The van der Waals surface area contributed by atoms with Gasteiger partial charge in [0.05, 0.1) is 24.3 Å². The molecule has 6 nitrogen and oxygen atoms in total. The van der Waals surface area contributed by atoms with Crippen molar-refractivity contribution in [2.24, 2.45) is 0 Å². The monoisotopic (exact) mass is 288 g/mol. The normalized spacial score (nSPS) is 11.2. The molecule has 0 bridgehead atoms. The van der Waals surface area contributed by atoms with Crippen molar-refractivity contribution in [3.8, 4) is 0 Å². The quantitative estimate of drug-likeness (QED) is 0.683.